The third-order valence-electron chi connectivity index (χ3n) is 1.79. The van der Waals surface area contributed by atoms with Gasteiger partial charge in [0.05, 0.1) is 13.7 Å². The van der Waals surface area contributed by atoms with Gasteiger partial charge in [0.25, 0.3) is 0 Å². The molecule has 1 aromatic carbocycles. The summed E-state index contributed by atoms with van der Waals surface area (Å²) in [5.74, 6) is 0.829. The van der Waals surface area contributed by atoms with Crippen molar-refractivity contribution in [3.63, 3.8) is 0 Å². The maximum Gasteiger partial charge on any atom is 0.126 e. The number of benzene rings is 1. The minimum absolute atomic E-state index is 0.0814. The molecule has 0 fully saturated rings. The average Bonchev–Trinajstić information content (AvgIpc) is 2.18. The lowest BCUT2D eigenvalue weighted by atomic mass is 10.1. The van der Waals surface area contributed by atoms with Crippen molar-refractivity contribution in [2.75, 3.05) is 13.7 Å². The zero-order chi connectivity index (χ0) is 9.68. The Hall–Kier alpha value is -1.28. The Balaban J connectivity index is 2.99. The summed E-state index contributed by atoms with van der Waals surface area (Å²) in [7, 11) is 1.64. The van der Waals surface area contributed by atoms with Gasteiger partial charge in [-0.1, -0.05) is 24.3 Å². The van der Waals surface area contributed by atoms with Crippen molar-refractivity contribution in [3.05, 3.63) is 35.4 Å². The number of aliphatic hydroxyl groups excluding tert-OH is 1. The number of ether oxygens (including phenoxy) is 1. The van der Waals surface area contributed by atoms with E-state index in [2.05, 4.69) is 0 Å². The molecule has 2 nitrogen and oxygen atoms in total. The van der Waals surface area contributed by atoms with Gasteiger partial charge in [0.2, 0.25) is 0 Å². The lowest BCUT2D eigenvalue weighted by molar-refractivity contribution is 0.332. The first-order chi connectivity index (χ1) is 6.27. The Labute approximate surface area is 78.5 Å². The van der Waals surface area contributed by atoms with Crippen LogP contribution in [0.4, 0.5) is 0 Å². The average molecular weight is 178 g/mol. The Bertz CT molecular complexity index is 303. The lowest BCUT2D eigenvalue weighted by Gasteiger charge is -2.04. The molecule has 0 saturated carbocycles. The standard InChI is InChI=1S/C11H14O2/c1-9(8-12)7-10-5-3-4-6-11(10)13-2/h3-7,12H,8H2,1-2H3/b9-7-. The largest absolute Gasteiger partial charge is 0.496 e. The normalized spacial score (nSPS) is 11.5. The number of rotatable bonds is 3. The zero-order valence-corrected chi connectivity index (χ0v) is 7.95. The maximum absolute atomic E-state index is 8.85. The molecule has 0 aromatic heterocycles. The Morgan fingerprint density at radius 3 is 2.77 bits per heavy atom. The van der Waals surface area contributed by atoms with E-state index in [9.17, 15) is 0 Å². The molecule has 1 N–H and O–H groups in total. The highest BCUT2D eigenvalue weighted by Crippen LogP contribution is 2.19. The van der Waals surface area contributed by atoms with Crippen LogP contribution in [0.1, 0.15) is 12.5 Å². The molecular weight excluding hydrogens is 164 g/mol. The van der Waals surface area contributed by atoms with Gasteiger partial charge >= 0.3 is 0 Å². The van der Waals surface area contributed by atoms with Gasteiger partial charge in [-0.2, -0.15) is 0 Å². The van der Waals surface area contributed by atoms with E-state index in [0.717, 1.165) is 16.9 Å². The summed E-state index contributed by atoms with van der Waals surface area (Å²) in [5.41, 5.74) is 1.92. The van der Waals surface area contributed by atoms with Gasteiger partial charge in [-0.15, -0.1) is 0 Å². The Morgan fingerprint density at radius 2 is 2.15 bits per heavy atom. The van der Waals surface area contributed by atoms with E-state index < -0.39 is 0 Å². The van der Waals surface area contributed by atoms with Crippen LogP contribution in [0.25, 0.3) is 6.08 Å². The van der Waals surface area contributed by atoms with Gasteiger partial charge < -0.3 is 9.84 Å². The van der Waals surface area contributed by atoms with Gasteiger partial charge in [0.15, 0.2) is 0 Å². The molecule has 0 aliphatic heterocycles. The van der Waals surface area contributed by atoms with Crippen molar-refractivity contribution < 1.29 is 9.84 Å². The molecule has 13 heavy (non-hydrogen) atoms. The fraction of sp³-hybridized carbons (Fsp3) is 0.273. The highest BCUT2D eigenvalue weighted by atomic mass is 16.5. The highest BCUT2D eigenvalue weighted by molar-refractivity contribution is 5.59. The highest BCUT2D eigenvalue weighted by Gasteiger charge is 1.97. The second-order valence-electron chi connectivity index (χ2n) is 2.89. The van der Waals surface area contributed by atoms with Gasteiger partial charge in [0, 0.05) is 5.56 Å². The van der Waals surface area contributed by atoms with Crippen LogP contribution < -0.4 is 4.74 Å². The monoisotopic (exact) mass is 178 g/mol. The summed E-state index contributed by atoms with van der Waals surface area (Å²) in [5, 5.41) is 8.85. The summed E-state index contributed by atoms with van der Waals surface area (Å²) in [6, 6.07) is 7.72. The van der Waals surface area contributed by atoms with Crippen LogP contribution >= 0.6 is 0 Å². The number of para-hydroxylation sites is 1. The second-order valence-corrected chi connectivity index (χ2v) is 2.89. The van der Waals surface area contributed by atoms with Gasteiger partial charge in [-0.3, -0.25) is 0 Å². The quantitative estimate of drug-likeness (QED) is 0.768. The van der Waals surface area contributed by atoms with E-state index in [1.165, 1.54) is 0 Å². The molecule has 0 heterocycles. The van der Waals surface area contributed by atoms with Crippen molar-refractivity contribution in [1.82, 2.24) is 0 Å². The second kappa shape index (κ2) is 4.67. The van der Waals surface area contributed by atoms with E-state index in [4.69, 9.17) is 9.84 Å². The van der Waals surface area contributed by atoms with E-state index >= 15 is 0 Å². The van der Waals surface area contributed by atoms with E-state index in [1.807, 2.05) is 37.3 Å². The SMILES string of the molecule is COc1ccccc1/C=C(/C)CO. The van der Waals surface area contributed by atoms with Gasteiger partial charge in [0.1, 0.15) is 5.75 Å². The zero-order valence-electron chi connectivity index (χ0n) is 7.95. The summed E-state index contributed by atoms with van der Waals surface area (Å²) < 4.78 is 5.16. The van der Waals surface area contributed by atoms with Crippen LogP contribution in [0.15, 0.2) is 29.8 Å². The predicted molar refractivity (Wildman–Crippen MR) is 53.7 cm³/mol. The molecule has 70 valence electrons. The third kappa shape index (κ3) is 2.60. The molecule has 0 unspecified atom stereocenters. The minimum atomic E-state index is 0.0814. The molecule has 0 bridgehead atoms. The van der Waals surface area contributed by atoms with Crippen molar-refractivity contribution in [2.45, 2.75) is 6.92 Å². The maximum atomic E-state index is 8.85. The van der Waals surface area contributed by atoms with Crippen LogP contribution in [0, 0.1) is 0 Å². The van der Waals surface area contributed by atoms with Crippen LogP contribution in [0.2, 0.25) is 0 Å². The molecule has 0 saturated heterocycles. The minimum Gasteiger partial charge on any atom is -0.496 e. The topological polar surface area (TPSA) is 29.5 Å². The van der Waals surface area contributed by atoms with Crippen LogP contribution in [0.3, 0.4) is 0 Å². The summed E-state index contributed by atoms with van der Waals surface area (Å²) in [6.07, 6.45) is 1.92. The van der Waals surface area contributed by atoms with Crippen LogP contribution in [0.5, 0.6) is 5.75 Å². The van der Waals surface area contributed by atoms with Gasteiger partial charge in [-0.25, -0.2) is 0 Å². The van der Waals surface area contributed by atoms with Crippen molar-refractivity contribution in [1.29, 1.82) is 0 Å². The molecule has 1 aromatic rings. The summed E-state index contributed by atoms with van der Waals surface area (Å²) >= 11 is 0. The van der Waals surface area contributed by atoms with E-state index in [-0.39, 0.29) is 6.61 Å². The molecule has 0 spiro atoms. The van der Waals surface area contributed by atoms with Gasteiger partial charge in [-0.05, 0) is 18.6 Å². The third-order valence-corrected chi connectivity index (χ3v) is 1.79. The summed E-state index contributed by atoms with van der Waals surface area (Å²) in [4.78, 5) is 0. The molecular formula is C11H14O2. The fourth-order valence-electron chi connectivity index (χ4n) is 1.10. The van der Waals surface area contributed by atoms with E-state index in [1.54, 1.807) is 7.11 Å². The van der Waals surface area contributed by atoms with Crippen molar-refractivity contribution >= 4 is 6.08 Å². The Kier molecular flexibility index (Phi) is 3.53. The molecule has 2 heteroatoms. The molecule has 0 radical (unpaired) electrons. The number of hydrogen-bond donors (Lipinski definition) is 1. The summed E-state index contributed by atoms with van der Waals surface area (Å²) in [6.45, 7) is 1.96. The molecule has 0 aliphatic rings. The Morgan fingerprint density at radius 1 is 1.46 bits per heavy atom. The molecule has 0 atom stereocenters. The number of aliphatic hydroxyl groups is 1. The first kappa shape index (κ1) is 9.81. The number of hydrogen-bond acceptors (Lipinski definition) is 2. The molecule has 0 aliphatic carbocycles. The number of methoxy groups -OCH3 is 1. The van der Waals surface area contributed by atoms with Crippen LogP contribution in [-0.2, 0) is 0 Å². The first-order valence-electron chi connectivity index (χ1n) is 4.19. The molecule has 0 amide bonds. The smallest absolute Gasteiger partial charge is 0.126 e. The van der Waals surface area contributed by atoms with E-state index in [0.29, 0.717) is 0 Å². The first-order valence-corrected chi connectivity index (χ1v) is 4.19. The van der Waals surface area contributed by atoms with Crippen molar-refractivity contribution in [3.8, 4) is 5.75 Å². The molecule has 1 rings (SSSR count). The van der Waals surface area contributed by atoms with Crippen LogP contribution in [-0.4, -0.2) is 18.8 Å². The lowest BCUT2D eigenvalue weighted by Crippen LogP contribution is -1.88. The fourth-order valence-corrected chi connectivity index (χ4v) is 1.10. The predicted octanol–water partition coefficient (Wildman–Crippen LogP) is 2.09. The van der Waals surface area contributed by atoms with Crippen molar-refractivity contribution in [2.24, 2.45) is 0 Å².